The summed E-state index contributed by atoms with van der Waals surface area (Å²) in [4.78, 5) is 24.6. The lowest BCUT2D eigenvalue weighted by Crippen LogP contribution is -2.43. The summed E-state index contributed by atoms with van der Waals surface area (Å²) in [6, 6.07) is 11.5. The van der Waals surface area contributed by atoms with E-state index in [-0.39, 0.29) is 35.4 Å². The Bertz CT molecular complexity index is 1130. The van der Waals surface area contributed by atoms with E-state index in [0.717, 1.165) is 5.56 Å². The van der Waals surface area contributed by atoms with Crippen molar-refractivity contribution in [2.75, 3.05) is 41.0 Å². The van der Waals surface area contributed by atoms with Gasteiger partial charge in [-0.05, 0) is 43.0 Å². The van der Waals surface area contributed by atoms with Crippen LogP contribution < -0.4 is 14.8 Å². The molecule has 1 fully saturated rings. The second-order valence-electron chi connectivity index (χ2n) is 7.88. The molecule has 1 N–H and O–H groups in total. The number of sulfonamides is 1. The molecule has 1 aliphatic heterocycles. The average Bonchev–Trinajstić information content (AvgIpc) is 2.88. The molecule has 0 atom stereocenters. The van der Waals surface area contributed by atoms with Gasteiger partial charge in [-0.1, -0.05) is 18.2 Å². The first-order chi connectivity index (χ1) is 16.3. The van der Waals surface area contributed by atoms with Crippen LogP contribution >= 0.6 is 0 Å². The van der Waals surface area contributed by atoms with Crippen LogP contribution in [-0.4, -0.2) is 65.6 Å². The molecule has 0 radical (unpaired) electrons. The maximum atomic E-state index is 13.1. The highest BCUT2D eigenvalue weighted by Gasteiger charge is 2.34. The summed E-state index contributed by atoms with van der Waals surface area (Å²) in [7, 11) is 0.494. The summed E-state index contributed by atoms with van der Waals surface area (Å²) in [6.07, 6.45) is 1.39. The number of piperidine rings is 1. The van der Waals surface area contributed by atoms with Crippen LogP contribution in [0.4, 0.5) is 0 Å². The highest BCUT2D eigenvalue weighted by Crippen LogP contribution is 2.27. The number of nitrogens with one attached hydrogen (secondary N) is 1. The molecule has 2 aromatic carbocycles. The zero-order valence-electron chi connectivity index (χ0n) is 19.6. The predicted octanol–water partition coefficient (Wildman–Crippen LogP) is 2.25. The van der Waals surface area contributed by atoms with Crippen molar-refractivity contribution in [1.82, 2.24) is 9.62 Å². The van der Waals surface area contributed by atoms with Gasteiger partial charge in [-0.3, -0.25) is 4.79 Å². The molecule has 2 aromatic rings. The monoisotopic (exact) mass is 490 g/mol. The summed E-state index contributed by atoms with van der Waals surface area (Å²) >= 11 is 0. The van der Waals surface area contributed by atoms with Crippen LogP contribution in [0.1, 0.15) is 28.8 Å². The number of amides is 1. The molecular formula is C24H30N2O7S. The molecule has 0 spiro atoms. The molecular weight excluding hydrogens is 460 g/mol. The molecule has 1 aliphatic rings. The number of ether oxygens (including phenoxy) is 3. The van der Waals surface area contributed by atoms with Gasteiger partial charge >= 0.3 is 5.97 Å². The summed E-state index contributed by atoms with van der Waals surface area (Å²) in [5.41, 5.74) is 0.951. The van der Waals surface area contributed by atoms with Crippen molar-refractivity contribution in [2.24, 2.45) is 5.92 Å². The maximum absolute atomic E-state index is 13.1. The van der Waals surface area contributed by atoms with Crippen LogP contribution in [0.3, 0.4) is 0 Å². The van der Waals surface area contributed by atoms with Crippen molar-refractivity contribution >= 4 is 21.9 Å². The number of rotatable bonds is 9. The molecule has 0 aliphatic carbocycles. The van der Waals surface area contributed by atoms with Crippen LogP contribution in [0, 0.1) is 5.92 Å². The maximum Gasteiger partial charge on any atom is 0.339 e. The lowest BCUT2D eigenvalue weighted by Gasteiger charge is -2.31. The molecule has 0 bridgehead atoms. The highest BCUT2D eigenvalue weighted by molar-refractivity contribution is 7.89. The van der Waals surface area contributed by atoms with Crippen molar-refractivity contribution in [3.8, 4) is 11.5 Å². The SMILES string of the molecule is COC(=O)c1ccccc1S(=O)(=O)N1CCC(C(=O)NCCc2ccc(OC)cc2OC)CC1. The fourth-order valence-electron chi connectivity index (χ4n) is 3.99. The molecule has 34 heavy (non-hydrogen) atoms. The quantitative estimate of drug-likeness (QED) is 0.537. The Labute approximate surface area is 200 Å². The topological polar surface area (TPSA) is 111 Å². The van der Waals surface area contributed by atoms with Gasteiger partial charge in [-0.25, -0.2) is 13.2 Å². The second kappa shape index (κ2) is 11.3. The summed E-state index contributed by atoms with van der Waals surface area (Å²) in [6.45, 7) is 0.830. The number of nitrogens with zero attached hydrogens (tertiary/aromatic N) is 1. The molecule has 10 heteroatoms. The fourth-order valence-corrected chi connectivity index (χ4v) is 5.64. The van der Waals surface area contributed by atoms with Gasteiger partial charge < -0.3 is 19.5 Å². The van der Waals surface area contributed by atoms with Crippen LogP contribution in [-0.2, 0) is 26.0 Å². The van der Waals surface area contributed by atoms with Crippen molar-refractivity contribution in [3.63, 3.8) is 0 Å². The molecule has 184 valence electrons. The molecule has 1 heterocycles. The van der Waals surface area contributed by atoms with Crippen LogP contribution in [0.15, 0.2) is 47.4 Å². The molecule has 1 amide bonds. The number of carbonyl (C=O) groups is 2. The molecule has 0 unspecified atom stereocenters. The molecule has 0 aromatic heterocycles. The van der Waals surface area contributed by atoms with E-state index < -0.39 is 16.0 Å². The van der Waals surface area contributed by atoms with Crippen molar-refractivity contribution in [1.29, 1.82) is 0 Å². The van der Waals surface area contributed by atoms with Gasteiger partial charge in [0.05, 0.1) is 31.8 Å². The molecule has 9 nitrogen and oxygen atoms in total. The Morgan fingerprint density at radius 1 is 1.03 bits per heavy atom. The van der Waals surface area contributed by atoms with Gasteiger partial charge in [0.15, 0.2) is 0 Å². The Kier molecular flexibility index (Phi) is 8.51. The molecule has 1 saturated heterocycles. The van der Waals surface area contributed by atoms with Crippen molar-refractivity contribution < 1.29 is 32.2 Å². The summed E-state index contributed by atoms with van der Waals surface area (Å²) < 4.78 is 42.9. The minimum Gasteiger partial charge on any atom is -0.497 e. The number of carbonyl (C=O) groups excluding carboxylic acids is 2. The summed E-state index contributed by atoms with van der Waals surface area (Å²) in [5.74, 6) is 0.307. The summed E-state index contributed by atoms with van der Waals surface area (Å²) in [5, 5.41) is 2.94. The zero-order chi connectivity index (χ0) is 24.7. The van der Waals surface area contributed by atoms with Crippen LogP contribution in [0.5, 0.6) is 11.5 Å². The zero-order valence-corrected chi connectivity index (χ0v) is 20.4. The largest absolute Gasteiger partial charge is 0.497 e. The number of hydrogen-bond donors (Lipinski definition) is 1. The Hall–Kier alpha value is -3.11. The van der Waals surface area contributed by atoms with Crippen molar-refractivity contribution in [3.05, 3.63) is 53.6 Å². The fraction of sp³-hybridized carbons (Fsp3) is 0.417. The first-order valence-corrected chi connectivity index (χ1v) is 12.4. The van der Waals surface area contributed by atoms with E-state index in [9.17, 15) is 18.0 Å². The highest BCUT2D eigenvalue weighted by atomic mass is 32.2. The van der Waals surface area contributed by atoms with E-state index in [1.54, 1.807) is 32.4 Å². The normalized spacial score (nSPS) is 14.9. The van der Waals surface area contributed by atoms with E-state index >= 15 is 0 Å². The van der Waals surface area contributed by atoms with Gasteiger partial charge in [0, 0.05) is 31.6 Å². The average molecular weight is 491 g/mol. The van der Waals surface area contributed by atoms with Gasteiger partial charge in [0.1, 0.15) is 11.5 Å². The number of esters is 1. The molecule has 3 rings (SSSR count). The lowest BCUT2D eigenvalue weighted by molar-refractivity contribution is -0.126. The van der Waals surface area contributed by atoms with Crippen molar-refractivity contribution in [2.45, 2.75) is 24.2 Å². The third-order valence-corrected chi connectivity index (χ3v) is 7.88. The lowest BCUT2D eigenvalue weighted by atomic mass is 9.97. The Balaban J connectivity index is 1.56. The number of benzene rings is 2. The van der Waals surface area contributed by atoms with Gasteiger partial charge in [0.25, 0.3) is 0 Å². The first-order valence-electron chi connectivity index (χ1n) is 11.0. The van der Waals surface area contributed by atoms with E-state index in [1.807, 2.05) is 12.1 Å². The van der Waals surface area contributed by atoms with Gasteiger partial charge in [-0.15, -0.1) is 0 Å². The van der Waals surface area contributed by atoms with Crippen LogP contribution in [0.2, 0.25) is 0 Å². The third kappa shape index (κ3) is 5.68. The van der Waals surface area contributed by atoms with E-state index in [0.29, 0.717) is 37.3 Å². The smallest absolute Gasteiger partial charge is 0.339 e. The predicted molar refractivity (Wildman–Crippen MR) is 126 cm³/mol. The molecule has 0 saturated carbocycles. The third-order valence-electron chi connectivity index (χ3n) is 5.92. The van der Waals surface area contributed by atoms with E-state index in [1.165, 1.54) is 23.5 Å². The Morgan fingerprint density at radius 2 is 1.74 bits per heavy atom. The van der Waals surface area contributed by atoms with Gasteiger partial charge in [-0.2, -0.15) is 4.31 Å². The van der Waals surface area contributed by atoms with Crippen LogP contribution in [0.25, 0.3) is 0 Å². The number of methoxy groups -OCH3 is 3. The van der Waals surface area contributed by atoms with Gasteiger partial charge in [0.2, 0.25) is 15.9 Å². The van der Waals surface area contributed by atoms with E-state index in [4.69, 9.17) is 14.2 Å². The minimum absolute atomic E-state index is 0.00109. The van der Waals surface area contributed by atoms with E-state index in [2.05, 4.69) is 5.32 Å². The second-order valence-corrected chi connectivity index (χ2v) is 9.79. The number of hydrogen-bond acceptors (Lipinski definition) is 7. The first kappa shape index (κ1) is 25.5. The minimum atomic E-state index is -3.89. The standard InChI is InChI=1S/C24H30N2O7S/c1-31-19-9-8-17(21(16-19)32-2)10-13-25-23(27)18-11-14-26(15-12-18)34(29,30)22-7-5-4-6-20(22)24(28)33-3/h4-9,16,18H,10-15H2,1-3H3,(H,25,27). The Morgan fingerprint density at radius 3 is 2.38 bits per heavy atom.